The number of hydrogen-bond acceptors (Lipinski definition) is 8. The Bertz CT molecular complexity index is 1400. The third-order valence-electron chi connectivity index (χ3n) is 8.11. The number of anilines is 1. The standard InChI is InChI=1S/C28H30B2ClNO8/c1-15(9-16-6-7-20(34)12-23(16)31)5-8-24-25-17(14-33)10-21-26(22(25)13-29(37)40-24)28(36)32(27(21)35)19-4-2-3-18(11-19)30(38)39/h2-4,6-7,9,11-12,21-22,24,26,33-34,37-39H,5,8,10,13-14H2,1H3/b15-9+/t21-,22+,24-,26-/m1/s1. The van der Waals surface area contributed by atoms with Crippen LogP contribution in [0, 0.1) is 17.8 Å². The summed E-state index contributed by atoms with van der Waals surface area (Å²) in [5.41, 5.74) is 3.56. The van der Waals surface area contributed by atoms with Crippen molar-refractivity contribution in [2.45, 2.75) is 38.6 Å². The van der Waals surface area contributed by atoms with E-state index in [0.717, 1.165) is 21.6 Å². The Hall–Kier alpha value is -2.92. The van der Waals surface area contributed by atoms with Gasteiger partial charge in [0.25, 0.3) is 0 Å². The monoisotopic (exact) mass is 565 g/mol. The number of carbonyl (C=O) groups excluding carboxylic acids is 2. The van der Waals surface area contributed by atoms with Crippen LogP contribution in [0.15, 0.2) is 59.2 Å². The summed E-state index contributed by atoms with van der Waals surface area (Å²) in [6, 6.07) is 10.7. The van der Waals surface area contributed by atoms with Crippen molar-refractivity contribution >= 4 is 54.9 Å². The molecule has 2 fully saturated rings. The Morgan fingerprint density at radius 2 is 1.95 bits per heavy atom. The van der Waals surface area contributed by atoms with Gasteiger partial charge in [-0.2, -0.15) is 0 Å². The maximum atomic E-state index is 13.8. The number of phenolic OH excluding ortho intramolecular Hbond substituents is 1. The number of aliphatic hydroxyl groups excluding tert-OH is 1. The number of amides is 2. The quantitative estimate of drug-likeness (QED) is 0.194. The predicted molar refractivity (Wildman–Crippen MR) is 152 cm³/mol. The van der Waals surface area contributed by atoms with Crippen LogP contribution in [0.3, 0.4) is 0 Å². The molecule has 5 N–H and O–H groups in total. The maximum Gasteiger partial charge on any atom is 0.488 e. The SMILES string of the molecule is C/C(=C\c1ccc(O)cc1Cl)CC[C@H]1OB(O)C[C@H]2C1=C(CO)C[C@H]1C(=O)N(c3cccc(B(O)O)c3)C(=O)[C@H]12. The van der Waals surface area contributed by atoms with Gasteiger partial charge < -0.3 is 29.9 Å². The number of nitrogens with zero attached hydrogens (tertiary/aromatic N) is 1. The largest absolute Gasteiger partial charge is 0.508 e. The van der Waals surface area contributed by atoms with Crippen LogP contribution in [-0.2, 0) is 14.2 Å². The van der Waals surface area contributed by atoms with Gasteiger partial charge in [-0.3, -0.25) is 14.5 Å². The van der Waals surface area contributed by atoms with Crippen molar-refractivity contribution in [2.75, 3.05) is 11.5 Å². The number of benzene rings is 2. The van der Waals surface area contributed by atoms with E-state index in [1.807, 2.05) is 13.0 Å². The molecule has 3 aliphatic rings. The van der Waals surface area contributed by atoms with Gasteiger partial charge in [0, 0.05) is 0 Å². The van der Waals surface area contributed by atoms with E-state index < -0.39 is 49.9 Å². The summed E-state index contributed by atoms with van der Waals surface area (Å²) in [6.07, 6.45) is 2.73. The number of hydrogen-bond donors (Lipinski definition) is 5. The Morgan fingerprint density at radius 3 is 2.65 bits per heavy atom. The molecule has 2 heterocycles. The van der Waals surface area contributed by atoms with E-state index in [2.05, 4.69) is 0 Å². The summed E-state index contributed by atoms with van der Waals surface area (Å²) < 4.78 is 5.93. The molecule has 12 heteroatoms. The number of carbonyl (C=O) groups is 2. The molecule has 9 nitrogen and oxygen atoms in total. The molecule has 2 saturated heterocycles. The molecule has 2 amide bonds. The lowest BCUT2D eigenvalue weighted by molar-refractivity contribution is -0.122. The summed E-state index contributed by atoms with van der Waals surface area (Å²) in [7, 11) is -2.89. The second-order valence-corrected chi connectivity index (χ2v) is 11.1. The average Bonchev–Trinajstić information content (AvgIpc) is 3.17. The smallest absolute Gasteiger partial charge is 0.488 e. The van der Waals surface area contributed by atoms with Gasteiger partial charge in [-0.05, 0) is 90.9 Å². The number of aromatic hydroxyl groups is 1. The number of aliphatic hydroxyl groups is 1. The number of halogens is 1. The van der Waals surface area contributed by atoms with Crippen LogP contribution in [-0.4, -0.2) is 64.0 Å². The fraction of sp³-hybridized carbons (Fsp3) is 0.357. The topological polar surface area (TPSA) is 148 Å². The third-order valence-corrected chi connectivity index (χ3v) is 8.44. The zero-order valence-corrected chi connectivity index (χ0v) is 22.7. The van der Waals surface area contributed by atoms with Crippen LogP contribution < -0.4 is 10.4 Å². The van der Waals surface area contributed by atoms with Crippen molar-refractivity contribution < 1.29 is 39.5 Å². The molecule has 5 rings (SSSR count). The van der Waals surface area contributed by atoms with Crippen LogP contribution in [0.25, 0.3) is 6.08 Å². The summed E-state index contributed by atoms with van der Waals surface area (Å²) in [4.78, 5) is 28.4. The number of phenols is 1. The fourth-order valence-electron chi connectivity index (χ4n) is 6.32. The first-order chi connectivity index (χ1) is 19.1. The van der Waals surface area contributed by atoms with E-state index in [1.165, 1.54) is 18.2 Å². The molecule has 1 aliphatic carbocycles. The van der Waals surface area contributed by atoms with Gasteiger partial charge in [-0.1, -0.05) is 35.4 Å². The molecular weight excluding hydrogens is 535 g/mol. The average molecular weight is 566 g/mol. The molecule has 2 aliphatic heterocycles. The van der Waals surface area contributed by atoms with E-state index >= 15 is 0 Å². The van der Waals surface area contributed by atoms with E-state index in [1.54, 1.807) is 24.3 Å². The van der Waals surface area contributed by atoms with Crippen LogP contribution in [0.1, 0.15) is 31.7 Å². The van der Waals surface area contributed by atoms with Gasteiger partial charge in [0.1, 0.15) is 5.75 Å². The van der Waals surface area contributed by atoms with E-state index in [0.29, 0.717) is 23.4 Å². The molecule has 208 valence electrons. The van der Waals surface area contributed by atoms with E-state index in [-0.39, 0.29) is 36.2 Å². The van der Waals surface area contributed by atoms with Gasteiger partial charge in [0.2, 0.25) is 11.8 Å². The normalized spacial score (nSPS) is 24.9. The summed E-state index contributed by atoms with van der Waals surface area (Å²) in [5, 5.41) is 50.1. The van der Waals surface area contributed by atoms with Gasteiger partial charge in [-0.25, -0.2) is 0 Å². The molecule has 0 aromatic heterocycles. The summed E-state index contributed by atoms with van der Waals surface area (Å²) in [5.74, 6) is -2.66. The highest BCUT2D eigenvalue weighted by Gasteiger charge is 2.57. The lowest BCUT2D eigenvalue weighted by Crippen LogP contribution is -2.46. The molecular formula is C28H30B2ClNO8. The molecule has 0 unspecified atom stereocenters. The van der Waals surface area contributed by atoms with Crippen molar-refractivity contribution in [2.24, 2.45) is 17.8 Å². The molecule has 0 bridgehead atoms. The van der Waals surface area contributed by atoms with Crippen molar-refractivity contribution in [3.63, 3.8) is 0 Å². The minimum atomic E-state index is -1.75. The van der Waals surface area contributed by atoms with Crippen molar-refractivity contribution in [3.8, 4) is 5.75 Å². The number of imide groups is 1. The van der Waals surface area contributed by atoms with Gasteiger partial charge in [0.15, 0.2) is 0 Å². The van der Waals surface area contributed by atoms with Crippen LogP contribution in [0.2, 0.25) is 11.3 Å². The third kappa shape index (κ3) is 5.37. The highest BCUT2D eigenvalue weighted by Crippen LogP contribution is 2.51. The first-order valence-corrected chi connectivity index (χ1v) is 13.6. The van der Waals surface area contributed by atoms with E-state index in [9.17, 15) is 34.9 Å². The molecule has 40 heavy (non-hydrogen) atoms. The number of allylic oxidation sites excluding steroid dienone is 1. The van der Waals surface area contributed by atoms with Gasteiger partial charge >= 0.3 is 14.2 Å². The summed E-state index contributed by atoms with van der Waals surface area (Å²) >= 11 is 6.24. The fourth-order valence-corrected chi connectivity index (χ4v) is 6.55. The first-order valence-electron chi connectivity index (χ1n) is 13.2. The maximum absolute atomic E-state index is 13.8. The molecule has 0 spiro atoms. The Kier molecular flexibility index (Phi) is 8.24. The zero-order valence-electron chi connectivity index (χ0n) is 21.9. The molecule has 2 aromatic rings. The minimum absolute atomic E-state index is 0.0757. The van der Waals surface area contributed by atoms with Crippen molar-refractivity contribution in [1.82, 2.24) is 0 Å². The molecule has 4 atom stereocenters. The Labute approximate surface area is 237 Å². The first kappa shape index (κ1) is 28.6. The highest BCUT2D eigenvalue weighted by molar-refractivity contribution is 6.58. The molecule has 0 radical (unpaired) electrons. The zero-order chi connectivity index (χ0) is 28.7. The minimum Gasteiger partial charge on any atom is -0.508 e. The lowest BCUT2D eigenvalue weighted by Gasteiger charge is -2.42. The van der Waals surface area contributed by atoms with Crippen molar-refractivity contribution in [3.05, 3.63) is 69.8 Å². The van der Waals surface area contributed by atoms with E-state index in [4.69, 9.17) is 16.3 Å². The highest BCUT2D eigenvalue weighted by atomic mass is 35.5. The van der Waals surface area contributed by atoms with Crippen LogP contribution >= 0.6 is 11.6 Å². The predicted octanol–water partition coefficient (Wildman–Crippen LogP) is 1.90. The van der Waals surface area contributed by atoms with Gasteiger partial charge in [-0.15, -0.1) is 0 Å². The Morgan fingerprint density at radius 1 is 1.18 bits per heavy atom. The molecule has 2 aromatic carbocycles. The van der Waals surface area contributed by atoms with Crippen LogP contribution in [0.4, 0.5) is 5.69 Å². The summed E-state index contributed by atoms with van der Waals surface area (Å²) in [6.45, 7) is 1.64. The second-order valence-electron chi connectivity index (χ2n) is 10.7. The van der Waals surface area contributed by atoms with Crippen LogP contribution in [0.5, 0.6) is 5.75 Å². The number of fused-ring (bicyclic) bond motifs is 3. The second kappa shape index (κ2) is 11.5. The Balaban J connectivity index is 1.41. The van der Waals surface area contributed by atoms with Crippen molar-refractivity contribution in [1.29, 1.82) is 0 Å². The molecule has 0 saturated carbocycles. The van der Waals surface area contributed by atoms with Gasteiger partial charge in [0.05, 0.1) is 35.3 Å². The number of rotatable bonds is 7. The lowest BCUT2D eigenvalue weighted by atomic mass is 9.58.